The standard InChI is InChI=1S/C22H20N8O/c31-14-8-13(9-23-10-14)15-4-5-16-20(25-15)21(29-28-16)22-26-17-11-24-12-18(19(17)27-22)30-6-2-1-3-7-30/h4-5,8-12,31H,1-3,6-7H2,(H,26,27)(H,28,29). The summed E-state index contributed by atoms with van der Waals surface area (Å²) in [6, 6.07) is 5.43. The molecule has 9 heteroatoms. The van der Waals surface area contributed by atoms with Gasteiger partial charge in [0.2, 0.25) is 0 Å². The maximum atomic E-state index is 9.76. The van der Waals surface area contributed by atoms with Crippen molar-refractivity contribution in [3.8, 4) is 28.5 Å². The number of hydrogen-bond acceptors (Lipinski definition) is 7. The number of anilines is 1. The molecule has 5 aromatic rings. The van der Waals surface area contributed by atoms with Gasteiger partial charge in [0.1, 0.15) is 16.8 Å². The summed E-state index contributed by atoms with van der Waals surface area (Å²) in [5.74, 6) is 0.744. The Bertz CT molecular complexity index is 1400. The van der Waals surface area contributed by atoms with E-state index in [1.807, 2.05) is 18.3 Å². The Morgan fingerprint density at radius 3 is 2.61 bits per heavy atom. The summed E-state index contributed by atoms with van der Waals surface area (Å²) in [4.78, 5) is 23.8. The van der Waals surface area contributed by atoms with E-state index in [9.17, 15) is 5.11 Å². The second-order valence-corrected chi connectivity index (χ2v) is 7.78. The number of piperidine rings is 1. The fraction of sp³-hybridized carbons (Fsp3) is 0.227. The van der Waals surface area contributed by atoms with E-state index in [-0.39, 0.29) is 5.75 Å². The van der Waals surface area contributed by atoms with Gasteiger partial charge in [-0.1, -0.05) is 0 Å². The summed E-state index contributed by atoms with van der Waals surface area (Å²) in [6.45, 7) is 2.05. The number of nitrogens with one attached hydrogen (secondary N) is 2. The molecule has 6 heterocycles. The Morgan fingerprint density at radius 2 is 1.74 bits per heavy atom. The van der Waals surface area contributed by atoms with Crippen LogP contribution in [0.15, 0.2) is 43.0 Å². The number of rotatable bonds is 3. The molecule has 0 spiro atoms. The van der Waals surface area contributed by atoms with Gasteiger partial charge in [0.15, 0.2) is 11.5 Å². The van der Waals surface area contributed by atoms with E-state index in [4.69, 9.17) is 9.97 Å². The molecule has 0 amide bonds. The van der Waals surface area contributed by atoms with Crippen LogP contribution in [0.1, 0.15) is 19.3 Å². The molecule has 1 fully saturated rings. The molecule has 0 radical (unpaired) electrons. The first-order valence-corrected chi connectivity index (χ1v) is 10.3. The van der Waals surface area contributed by atoms with Crippen molar-refractivity contribution in [2.24, 2.45) is 0 Å². The van der Waals surface area contributed by atoms with E-state index < -0.39 is 0 Å². The number of aromatic nitrogens is 7. The minimum Gasteiger partial charge on any atom is -0.506 e. The lowest BCUT2D eigenvalue weighted by atomic mass is 10.1. The Balaban J connectivity index is 1.46. The van der Waals surface area contributed by atoms with Gasteiger partial charge in [-0.3, -0.25) is 15.1 Å². The van der Waals surface area contributed by atoms with Crippen LogP contribution < -0.4 is 4.90 Å². The average molecular weight is 412 g/mol. The maximum Gasteiger partial charge on any atom is 0.161 e. The summed E-state index contributed by atoms with van der Waals surface area (Å²) in [5, 5.41) is 17.3. The number of aromatic amines is 2. The van der Waals surface area contributed by atoms with E-state index >= 15 is 0 Å². The lowest BCUT2D eigenvalue weighted by Gasteiger charge is -2.28. The first-order valence-electron chi connectivity index (χ1n) is 10.3. The smallest absolute Gasteiger partial charge is 0.161 e. The summed E-state index contributed by atoms with van der Waals surface area (Å²) in [5.41, 5.74) is 6.42. The second kappa shape index (κ2) is 7.05. The number of H-pyrrole nitrogens is 2. The molecule has 0 atom stereocenters. The fourth-order valence-corrected chi connectivity index (χ4v) is 4.19. The summed E-state index contributed by atoms with van der Waals surface area (Å²) in [7, 11) is 0. The highest BCUT2D eigenvalue weighted by Gasteiger charge is 2.19. The van der Waals surface area contributed by atoms with Gasteiger partial charge < -0.3 is 15.0 Å². The minimum atomic E-state index is 0.0989. The average Bonchev–Trinajstić information content (AvgIpc) is 3.43. The van der Waals surface area contributed by atoms with Crippen molar-refractivity contribution >= 4 is 27.8 Å². The number of imidazole rings is 1. The number of hydrogen-bond donors (Lipinski definition) is 3. The monoisotopic (exact) mass is 412 g/mol. The highest BCUT2D eigenvalue weighted by atomic mass is 16.3. The van der Waals surface area contributed by atoms with Gasteiger partial charge >= 0.3 is 0 Å². The molecule has 0 aliphatic carbocycles. The molecule has 0 unspecified atom stereocenters. The van der Waals surface area contributed by atoms with Crippen LogP contribution in [0.5, 0.6) is 5.75 Å². The number of aromatic hydroxyl groups is 1. The number of nitrogens with zero attached hydrogens (tertiary/aromatic N) is 6. The topological polar surface area (TPSA) is 119 Å². The van der Waals surface area contributed by atoms with Crippen molar-refractivity contribution in [3.05, 3.63) is 43.0 Å². The quantitative estimate of drug-likeness (QED) is 0.414. The van der Waals surface area contributed by atoms with Crippen molar-refractivity contribution in [1.82, 2.24) is 35.1 Å². The van der Waals surface area contributed by atoms with Gasteiger partial charge in [-0.25, -0.2) is 9.97 Å². The molecule has 9 nitrogen and oxygen atoms in total. The molecular formula is C22H20N8O. The minimum absolute atomic E-state index is 0.0989. The molecule has 31 heavy (non-hydrogen) atoms. The van der Waals surface area contributed by atoms with E-state index in [1.54, 1.807) is 18.5 Å². The lowest BCUT2D eigenvalue weighted by molar-refractivity contribution is 0.473. The fourth-order valence-electron chi connectivity index (χ4n) is 4.19. The Hall–Kier alpha value is -4.01. The van der Waals surface area contributed by atoms with Crippen LogP contribution in [0, 0.1) is 0 Å². The Morgan fingerprint density at radius 1 is 0.871 bits per heavy atom. The molecule has 6 rings (SSSR count). The molecule has 0 saturated carbocycles. The normalized spacial score (nSPS) is 14.5. The van der Waals surface area contributed by atoms with Gasteiger partial charge in [-0.05, 0) is 37.5 Å². The summed E-state index contributed by atoms with van der Waals surface area (Å²) in [6.07, 6.45) is 10.4. The molecule has 0 aromatic carbocycles. The van der Waals surface area contributed by atoms with Gasteiger partial charge in [-0.15, -0.1) is 0 Å². The maximum absolute atomic E-state index is 9.76. The molecular weight excluding hydrogens is 392 g/mol. The van der Waals surface area contributed by atoms with Crippen molar-refractivity contribution in [3.63, 3.8) is 0 Å². The molecule has 1 aliphatic heterocycles. The third kappa shape index (κ3) is 3.05. The van der Waals surface area contributed by atoms with E-state index in [0.29, 0.717) is 22.7 Å². The van der Waals surface area contributed by atoms with Gasteiger partial charge in [0, 0.05) is 24.8 Å². The van der Waals surface area contributed by atoms with Crippen LogP contribution in [-0.2, 0) is 0 Å². The third-order valence-electron chi connectivity index (χ3n) is 5.72. The van der Waals surface area contributed by atoms with E-state index in [2.05, 4.69) is 30.0 Å². The van der Waals surface area contributed by atoms with E-state index in [1.165, 1.54) is 25.5 Å². The van der Waals surface area contributed by atoms with Crippen molar-refractivity contribution in [1.29, 1.82) is 0 Å². The molecule has 154 valence electrons. The summed E-state index contributed by atoms with van der Waals surface area (Å²) >= 11 is 0. The zero-order valence-electron chi connectivity index (χ0n) is 16.7. The zero-order chi connectivity index (χ0) is 20.8. The highest BCUT2D eigenvalue weighted by molar-refractivity contribution is 5.94. The number of pyridine rings is 3. The predicted molar refractivity (Wildman–Crippen MR) is 118 cm³/mol. The first-order chi connectivity index (χ1) is 15.3. The van der Waals surface area contributed by atoms with Crippen molar-refractivity contribution in [2.75, 3.05) is 18.0 Å². The van der Waals surface area contributed by atoms with Crippen molar-refractivity contribution < 1.29 is 5.11 Å². The highest BCUT2D eigenvalue weighted by Crippen LogP contribution is 2.31. The lowest BCUT2D eigenvalue weighted by Crippen LogP contribution is -2.29. The Kier molecular flexibility index (Phi) is 4.05. The molecule has 5 aromatic heterocycles. The zero-order valence-corrected chi connectivity index (χ0v) is 16.7. The van der Waals surface area contributed by atoms with Gasteiger partial charge in [-0.2, -0.15) is 5.10 Å². The molecule has 0 bridgehead atoms. The second-order valence-electron chi connectivity index (χ2n) is 7.78. The third-order valence-corrected chi connectivity index (χ3v) is 5.72. The number of fused-ring (bicyclic) bond motifs is 2. The first kappa shape index (κ1) is 17.8. The van der Waals surface area contributed by atoms with E-state index in [0.717, 1.165) is 40.9 Å². The molecule has 1 aliphatic rings. The van der Waals surface area contributed by atoms with Crippen LogP contribution in [0.25, 0.3) is 44.8 Å². The largest absolute Gasteiger partial charge is 0.506 e. The van der Waals surface area contributed by atoms with Crippen molar-refractivity contribution in [2.45, 2.75) is 19.3 Å². The predicted octanol–water partition coefficient (Wildman–Crippen LogP) is 3.65. The SMILES string of the molecule is Oc1cncc(-c2ccc3[nH]nc(-c4nc5c(N6CCCCC6)cncc5[nH]4)c3n2)c1. The Labute approximate surface area is 177 Å². The summed E-state index contributed by atoms with van der Waals surface area (Å²) < 4.78 is 0. The van der Waals surface area contributed by atoms with Crippen LogP contribution in [-0.4, -0.2) is 53.3 Å². The van der Waals surface area contributed by atoms with Crippen LogP contribution >= 0.6 is 0 Å². The van der Waals surface area contributed by atoms with Crippen LogP contribution in [0.3, 0.4) is 0 Å². The van der Waals surface area contributed by atoms with Crippen LogP contribution in [0.4, 0.5) is 5.69 Å². The van der Waals surface area contributed by atoms with Crippen LogP contribution in [0.2, 0.25) is 0 Å². The molecule has 3 N–H and O–H groups in total. The van der Waals surface area contributed by atoms with Gasteiger partial charge in [0.05, 0.1) is 41.0 Å². The molecule has 1 saturated heterocycles. The van der Waals surface area contributed by atoms with Gasteiger partial charge in [0.25, 0.3) is 0 Å².